The van der Waals surface area contributed by atoms with Crippen molar-refractivity contribution in [2.24, 2.45) is 0 Å². The van der Waals surface area contributed by atoms with Crippen molar-refractivity contribution < 1.29 is 9.59 Å². The number of rotatable bonds is 4. The minimum atomic E-state index is -1.36. The van der Waals surface area contributed by atoms with Crippen molar-refractivity contribution in [1.29, 1.82) is 0 Å². The Morgan fingerprint density at radius 2 is 1.77 bits per heavy atom. The molecule has 3 heteroatoms. The van der Waals surface area contributed by atoms with Gasteiger partial charge in [0.15, 0.2) is 12.1 Å². The highest BCUT2D eigenvalue weighted by Crippen LogP contribution is 2.39. The Bertz CT molecular complexity index is 201. The van der Waals surface area contributed by atoms with Gasteiger partial charge in [0.05, 0.1) is 8.07 Å². The summed E-state index contributed by atoms with van der Waals surface area (Å²) >= 11 is 0. The van der Waals surface area contributed by atoms with Crippen LogP contribution in [0.3, 0.4) is 0 Å². The number of carbonyl (C=O) groups is 2. The van der Waals surface area contributed by atoms with Crippen LogP contribution in [0.1, 0.15) is 27.2 Å². The first kappa shape index (κ1) is 12.6. The Hall–Kier alpha value is -0.443. The maximum Gasteiger partial charge on any atom is 0.194 e. The Morgan fingerprint density at radius 1 is 1.31 bits per heavy atom. The molecule has 0 rings (SSSR count). The molecular weight excluding hydrogens is 180 g/mol. The third-order valence-electron chi connectivity index (χ3n) is 3.16. The fourth-order valence-electron chi connectivity index (χ4n) is 0.870. The number of carbonyl (C=O) groups excluding carboxylic acids is 2. The molecule has 0 spiro atoms. The van der Waals surface area contributed by atoms with Gasteiger partial charge in [-0.1, -0.05) is 33.9 Å². The molecule has 0 unspecified atom stereocenters. The first-order valence-corrected chi connectivity index (χ1v) is 7.89. The van der Waals surface area contributed by atoms with E-state index in [0.717, 1.165) is 6.04 Å². The van der Waals surface area contributed by atoms with Crippen LogP contribution in [0.4, 0.5) is 0 Å². The standard InChI is InChI=1S/C10H20O2Si/c1-10(2,3)13(4,5)7-6-9(12)8-11/h8H,6-7H2,1-5H3. The van der Waals surface area contributed by atoms with E-state index in [1.54, 1.807) is 0 Å². The summed E-state index contributed by atoms with van der Waals surface area (Å²) in [6, 6.07) is 0.911. The Labute approximate surface area is 81.7 Å². The average Bonchev–Trinajstić information content (AvgIpc) is 1.98. The highest BCUT2D eigenvalue weighted by Gasteiger charge is 2.34. The third-order valence-corrected chi connectivity index (χ3v) is 8.72. The zero-order valence-corrected chi connectivity index (χ0v) is 10.3. The van der Waals surface area contributed by atoms with Gasteiger partial charge in [0.2, 0.25) is 0 Å². The summed E-state index contributed by atoms with van der Waals surface area (Å²) in [7, 11) is -1.36. The number of hydrogen-bond acceptors (Lipinski definition) is 2. The van der Waals surface area contributed by atoms with Crippen molar-refractivity contribution in [3.8, 4) is 0 Å². The Balaban J connectivity index is 4.19. The molecule has 0 bridgehead atoms. The molecule has 0 atom stereocenters. The molecule has 0 aromatic heterocycles. The van der Waals surface area contributed by atoms with Crippen LogP contribution in [0.15, 0.2) is 0 Å². The summed E-state index contributed by atoms with van der Waals surface area (Å²) < 4.78 is 0. The van der Waals surface area contributed by atoms with Crippen LogP contribution >= 0.6 is 0 Å². The molecule has 0 saturated heterocycles. The SMILES string of the molecule is CC(C)(C)[Si](C)(C)CCC(=O)C=O. The lowest BCUT2D eigenvalue weighted by Gasteiger charge is -2.36. The molecule has 0 aliphatic carbocycles. The van der Waals surface area contributed by atoms with Gasteiger partial charge in [-0.15, -0.1) is 0 Å². The fraction of sp³-hybridized carbons (Fsp3) is 0.800. The lowest BCUT2D eigenvalue weighted by molar-refractivity contribution is -0.129. The van der Waals surface area contributed by atoms with E-state index in [4.69, 9.17) is 0 Å². The lowest BCUT2D eigenvalue weighted by Crippen LogP contribution is -2.37. The topological polar surface area (TPSA) is 34.1 Å². The molecule has 0 aliphatic heterocycles. The second-order valence-electron chi connectivity index (χ2n) is 5.22. The number of aldehydes is 1. The lowest BCUT2D eigenvalue weighted by atomic mass is 10.2. The van der Waals surface area contributed by atoms with Gasteiger partial charge in [-0.25, -0.2) is 0 Å². The Kier molecular flexibility index (Phi) is 4.04. The first-order valence-electron chi connectivity index (χ1n) is 4.69. The van der Waals surface area contributed by atoms with Gasteiger partial charge in [-0.05, 0) is 11.1 Å². The second-order valence-corrected chi connectivity index (χ2v) is 11.0. The molecule has 0 heterocycles. The molecule has 0 aliphatic rings. The summed E-state index contributed by atoms with van der Waals surface area (Å²) in [4.78, 5) is 21.0. The average molecular weight is 200 g/mol. The van der Waals surface area contributed by atoms with E-state index in [1.165, 1.54) is 0 Å². The molecule has 0 radical (unpaired) electrons. The Morgan fingerprint density at radius 3 is 2.08 bits per heavy atom. The largest absolute Gasteiger partial charge is 0.295 e. The van der Waals surface area contributed by atoms with E-state index < -0.39 is 8.07 Å². The van der Waals surface area contributed by atoms with E-state index in [-0.39, 0.29) is 5.78 Å². The van der Waals surface area contributed by atoms with Crippen LogP contribution in [0.5, 0.6) is 0 Å². The summed E-state index contributed by atoms with van der Waals surface area (Å²) in [5, 5.41) is 0.302. The van der Waals surface area contributed by atoms with Crippen molar-refractivity contribution in [2.75, 3.05) is 0 Å². The van der Waals surface area contributed by atoms with E-state index in [9.17, 15) is 9.59 Å². The maximum atomic E-state index is 10.8. The number of ketones is 1. The van der Waals surface area contributed by atoms with Crippen LogP contribution < -0.4 is 0 Å². The molecule has 76 valence electrons. The van der Waals surface area contributed by atoms with Gasteiger partial charge < -0.3 is 0 Å². The maximum absolute atomic E-state index is 10.8. The minimum absolute atomic E-state index is 0.259. The van der Waals surface area contributed by atoms with Gasteiger partial charge in [0.25, 0.3) is 0 Å². The fourth-order valence-corrected chi connectivity index (χ4v) is 2.49. The zero-order chi connectivity index (χ0) is 10.7. The van der Waals surface area contributed by atoms with Crippen molar-refractivity contribution in [3.05, 3.63) is 0 Å². The van der Waals surface area contributed by atoms with Crippen LogP contribution in [0.25, 0.3) is 0 Å². The summed E-state index contributed by atoms with van der Waals surface area (Å²) in [5.41, 5.74) is 0. The van der Waals surface area contributed by atoms with Gasteiger partial charge in [-0.2, -0.15) is 0 Å². The van der Waals surface area contributed by atoms with E-state index in [2.05, 4.69) is 33.9 Å². The van der Waals surface area contributed by atoms with E-state index >= 15 is 0 Å². The van der Waals surface area contributed by atoms with Gasteiger partial charge >= 0.3 is 0 Å². The molecular formula is C10H20O2Si. The van der Waals surface area contributed by atoms with E-state index in [0.29, 0.717) is 17.7 Å². The predicted molar refractivity (Wildman–Crippen MR) is 57.7 cm³/mol. The van der Waals surface area contributed by atoms with Crippen LogP contribution in [0, 0.1) is 0 Å². The van der Waals surface area contributed by atoms with Crippen LogP contribution in [0.2, 0.25) is 24.2 Å². The normalized spacial score (nSPS) is 12.7. The molecule has 0 amide bonds. The van der Waals surface area contributed by atoms with Crippen molar-refractivity contribution >= 4 is 20.1 Å². The molecule has 0 aromatic rings. The highest BCUT2D eigenvalue weighted by molar-refractivity contribution is 6.80. The number of hydrogen-bond donors (Lipinski definition) is 0. The smallest absolute Gasteiger partial charge is 0.194 e. The quantitative estimate of drug-likeness (QED) is 0.397. The van der Waals surface area contributed by atoms with Crippen molar-refractivity contribution in [3.63, 3.8) is 0 Å². The first-order chi connectivity index (χ1) is 5.70. The molecule has 0 N–H and O–H groups in total. The van der Waals surface area contributed by atoms with Gasteiger partial charge in [0, 0.05) is 6.42 Å². The molecule has 13 heavy (non-hydrogen) atoms. The third kappa shape index (κ3) is 3.85. The highest BCUT2D eigenvalue weighted by atomic mass is 28.3. The zero-order valence-electron chi connectivity index (χ0n) is 9.31. The van der Waals surface area contributed by atoms with Crippen molar-refractivity contribution in [2.45, 2.75) is 51.4 Å². The summed E-state index contributed by atoms with van der Waals surface area (Å²) in [6.45, 7) is 11.2. The molecule has 0 fully saturated rings. The summed E-state index contributed by atoms with van der Waals surface area (Å²) in [6.07, 6.45) is 0.868. The molecule has 2 nitrogen and oxygen atoms in total. The monoisotopic (exact) mass is 200 g/mol. The van der Waals surface area contributed by atoms with Crippen LogP contribution in [-0.4, -0.2) is 20.1 Å². The summed E-state index contributed by atoms with van der Waals surface area (Å²) in [5.74, 6) is -0.259. The van der Waals surface area contributed by atoms with Gasteiger partial charge in [-0.3, -0.25) is 9.59 Å². The number of Topliss-reactive ketones (excluding diaryl/α,β-unsaturated/α-hetero) is 1. The molecule has 0 aromatic carbocycles. The molecule has 0 saturated carbocycles. The predicted octanol–water partition coefficient (Wildman–Crippen LogP) is 2.65. The minimum Gasteiger partial charge on any atom is -0.295 e. The second kappa shape index (κ2) is 4.18. The van der Waals surface area contributed by atoms with Crippen LogP contribution in [-0.2, 0) is 9.59 Å². The van der Waals surface area contributed by atoms with Gasteiger partial charge in [0.1, 0.15) is 0 Å². The van der Waals surface area contributed by atoms with E-state index in [1.807, 2.05) is 0 Å². The van der Waals surface area contributed by atoms with Crippen molar-refractivity contribution in [1.82, 2.24) is 0 Å².